The van der Waals surface area contributed by atoms with Crippen LogP contribution in [0.1, 0.15) is 76.8 Å². The number of benzene rings is 2. The van der Waals surface area contributed by atoms with Gasteiger partial charge in [0.25, 0.3) is 0 Å². The molecule has 0 amide bonds. The molecule has 0 aliphatic carbocycles. The van der Waals surface area contributed by atoms with Gasteiger partial charge in [0, 0.05) is 47.4 Å². The van der Waals surface area contributed by atoms with Crippen LogP contribution < -0.4 is 9.64 Å². The zero-order valence-electron chi connectivity index (χ0n) is 31.2. The average molecular weight is 715 g/mol. The van der Waals surface area contributed by atoms with Gasteiger partial charge in [-0.2, -0.15) is 9.61 Å². The van der Waals surface area contributed by atoms with Crippen LogP contribution in [0.15, 0.2) is 67.8 Å². The summed E-state index contributed by atoms with van der Waals surface area (Å²) in [5, 5.41) is 5.83. The Labute approximate surface area is 307 Å². The third-order valence-electron chi connectivity index (χ3n) is 9.26. The second kappa shape index (κ2) is 15.6. The maximum atomic E-state index is 13.4. The quantitative estimate of drug-likeness (QED) is 0.100. The lowest BCUT2D eigenvalue weighted by atomic mass is 9.92. The van der Waals surface area contributed by atoms with Crippen LogP contribution in [0.3, 0.4) is 0 Å². The minimum atomic E-state index is -1.02. The molecule has 0 bridgehead atoms. The molecular formula is C41H51ClN4O5. The number of carbonyl (C=O) groups is 1. The molecule has 1 fully saturated rings. The van der Waals surface area contributed by atoms with Crippen molar-refractivity contribution >= 4 is 29.0 Å². The summed E-state index contributed by atoms with van der Waals surface area (Å²) in [7, 11) is 1.38. The van der Waals surface area contributed by atoms with Crippen LogP contribution >= 0.6 is 11.6 Å². The van der Waals surface area contributed by atoms with Crippen molar-refractivity contribution in [2.75, 3.05) is 31.7 Å². The Morgan fingerprint density at radius 1 is 1.08 bits per heavy atom. The number of rotatable bonds is 13. The van der Waals surface area contributed by atoms with Crippen LogP contribution in [0.4, 0.5) is 5.82 Å². The van der Waals surface area contributed by atoms with Gasteiger partial charge in [-0.05, 0) is 90.6 Å². The molecule has 0 N–H and O–H groups in total. The Bertz CT molecular complexity index is 1900. The van der Waals surface area contributed by atoms with E-state index in [-0.39, 0.29) is 11.7 Å². The number of esters is 1. The molecule has 51 heavy (non-hydrogen) atoms. The van der Waals surface area contributed by atoms with E-state index in [1.54, 1.807) is 6.08 Å². The monoisotopic (exact) mass is 714 g/mol. The van der Waals surface area contributed by atoms with Crippen molar-refractivity contribution < 1.29 is 23.7 Å². The lowest BCUT2D eigenvalue weighted by molar-refractivity contribution is -0.164. The Morgan fingerprint density at radius 2 is 1.78 bits per heavy atom. The fraction of sp³-hybridized carbons (Fsp3) is 0.439. The second-order valence-corrected chi connectivity index (χ2v) is 14.9. The smallest absolute Gasteiger partial charge is 0.339 e. The van der Waals surface area contributed by atoms with Gasteiger partial charge in [-0.1, -0.05) is 42.0 Å². The summed E-state index contributed by atoms with van der Waals surface area (Å²) in [6, 6.07) is 14.0. The molecule has 2 aromatic carbocycles. The number of nitrogens with zero attached hydrogens (tertiary/aromatic N) is 4. The topological polar surface area (TPSA) is 87.4 Å². The zero-order chi connectivity index (χ0) is 37.1. The Morgan fingerprint density at radius 3 is 2.43 bits per heavy atom. The van der Waals surface area contributed by atoms with Gasteiger partial charge in [-0.15, -0.1) is 13.2 Å². The van der Waals surface area contributed by atoms with Crippen molar-refractivity contribution in [1.82, 2.24) is 14.6 Å². The van der Waals surface area contributed by atoms with Crippen LogP contribution in [-0.2, 0) is 19.0 Å². The zero-order valence-corrected chi connectivity index (χ0v) is 32.0. The highest BCUT2D eigenvalue weighted by molar-refractivity contribution is 6.31. The van der Waals surface area contributed by atoms with Gasteiger partial charge in [0.2, 0.25) is 0 Å². The van der Waals surface area contributed by atoms with Crippen molar-refractivity contribution in [1.29, 1.82) is 0 Å². The Hall–Kier alpha value is -4.18. The summed E-state index contributed by atoms with van der Waals surface area (Å²) < 4.78 is 26.1. The molecule has 0 spiro atoms. The standard InChI is InChI=1S/C41H51ClN4O5/c1-11-14-26(3)50-33-18-17-31(42)27(4)35(33)30-16-13-15-29(24-30)32-25-34-43-28(5)36(37(39(47)48-10)51-40(6,7)8)38(46(34)44-32)45-21-19-41(9,20-22-45)49-23-12-2/h11-13,15-18,24-26,37H,1-2,14,19-23H2,3-10H3/t26-,37?/m0/s1. The normalized spacial score (nSPS) is 15.7. The van der Waals surface area contributed by atoms with Crippen molar-refractivity contribution in [3.05, 3.63) is 89.6 Å². The number of aromatic nitrogens is 3. The predicted octanol–water partition coefficient (Wildman–Crippen LogP) is 9.27. The first-order valence-corrected chi connectivity index (χ1v) is 17.9. The number of hydrogen-bond donors (Lipinski definition) is 0. The molecule has 2 atom stereocenters. The number of fused-ring (bicyclic) bond motifs is 1. The van der Waals surface area contributed by atoms with Crippen molar-refractivity contribution in [2.45, 2.75) is 91.1 Å². The molecular weight excluding hydrogens is 664 g/mol. The molecule has 4 aromatic rings. The van der Waals surface area contributed by atoms with E-state index >= 15 is 0 Å². The van der Waals surface area contributed by atoms with Gasteiger partial charge in [-0.3, -0.25) is 0 Å². The third kappa shape index (κ3) is 8.49. The highest BCUT2D eigenvalue weighted by atomic mass is 35.5. The van der Waals surface area contributed by atoms with Crippen LogP contribution in [0, 0.1) is 13.8 Å². The number of carbonyl (C=O) groups excluding carboxylic acids is 1. The summed E-state index contributed by atoms with van der Waals surface area (Å²) in [6.07, 6.45) is 4.83. The number of ether oxygens (including phenoxy) is 4. The van der Waals surface area contributed by atoms with Gasteiger partial charge in [-0.25, -0.2) is 9.78 Å². The largest absolute Gasteiger partial charge is 0.490 e. The fourth-order valence-corrected chi connectivity index (χ4v) is 6.76. The summed E-state index contributed by atoms with van der Waals surface area (Å²) in [5.41, 5.74) is 5.45. The van der Waals surface area contributed by atoms with Crippen molar-refractivity contribution in [3.63, 3.8) is 0 Å². The fourth-order valence-electron chi connectivity index (χ4n) is 6.60. The molecule has 272 valence electrons. The first kappa shape index (κ1) is 38.1. The molecule has 5 rings (SSSR count). The predicted molar refractivity (Wildman–Crippen MR) is 205 cm³/mol. The highest BCUT2D eigenvalue weighted by Gasteiger charge is 2.38. The van der Waals surface area contributed by atoms with Crippen LogP contribution in [0.5, 0.6) is 5.75 Å². The second-order valence-electron chi connectivity index (χ2n) is 14.5. The molecule has 1 aliphatic rings. The Balaban J connectivity index is 1.66. The summed E-state index contributed by atoms with van der Waals surface area (Å²) in [5.74, 6) is 1.01. The van der Waals surface area contributed by atoms with Crippen molar-refractivity contribution in [2.24, 2.45) is 0 Å². The van der Waals surface area contributed by atoms with Gasteiger partial charge in [0.15, 0.2) is 11.8 Å². The molecule has 3 heterocycles. The molecule has 2 aromatic heterocycles. The number of halogens is 1. The lowest BCUT2D eigenvalue weighted by Gasteiger charge is -2.41. The summed E-state index contributed by atoms with van der Waals surface area (Å²) in [4.78, 5) is 20.7. The Kier molecular flexibility index (Phi) is 11.6. The number of hydrogen-bond acceptors (Lipinski definition) is 8. The first-order valence-electron chi connectivity index (χ1n) is 17.5. The molecule has 10 heteroatoms. The SMILES string of the molecule is C=CCOC1(C)CCN(c2c(C(OC(C)(C)C)C(=O)OC)c(C)nc3cc(-c4cccc(-c5c(O[C@@H](C)CC=C)ccc(Cl)c5C)c4)nn23)CC1. The first-order chi connectivity index (χ1) is 24.2. The third-order valence-corrected chi connectivity index (χ3v) is 9.67. The lowest BCUT2D eigenvalue weighted by Crippen LogP contribution is -2.45. The van der Waals surface area contributed by atoms with Gasteiger partial charge < -0.3 is 23.8 Å². The molecule has 9 nitrogen and oxygen atoms in total. The maximum Gasteiger partial charge on any atom is 0.339 e. The minimum Gasteiger partial charge on any atom is -0.490 e. The van der Waals surface area contributed by atoms with E-state index in [0.717, 1.165) is 58.8 Å². The number of anilines is 1. The summed E-state index contributed by atoms with van der Waals surface area (Å²) >= 11 is 6.65. The van der Waals surface area contributed by atoms with Crippen LogP contribution in [0.2, 0.25) is 5.02 Å². The van der Waals surface area contributed by atoms with E-state index < -0.39 is 17.7 Å². The van der Waals surface area contributed by atoms with Gasteiger partial charge in [0.05, 0.1) is 42.3 Å². The van der Waals surface area contributed by atoms with E-state index in [0.29, 0.717) is 41.6 Å². The maximum absolute atomic E-state index is 13.4. The number of piperidine rings is 1. The van der Waals surface area contributed by atoms with E-state index in [2.05, 4.69) is 37.1 Å². The molecule has 0 saturated carbocycles. The van der Waals surface area contributed by atoms with E-state index in [1.165, 1.54) is 7.11 Å². The van der Waals surface area contributed by atoms with E-state index in [9.17, 15) is 4.79 Å². The van der Waals surface area contributed by atoms with Gasteiger partial charge >= 0.3 is 5.97 Å². The summed E-state index contributed by atoms with van der Waals surface area (Å²) in [6.45, 7) is 23.4. The van der Waals surface area contributed by atoms with E-state index in [4.69, 9.17) is 40.6 Å². The average Bonchev–Trinajstić information content (AvgIpc) is 3.51. The molecule has 1 aliphatic heterocycles. The van der Waals surface area contributed by atoms with Gasteiger partial charge in [0.1, 0.15) is 11.6 Å². The highest BCUT2D eigenvalue weighted by Crippen LogP contribution is 2.41. The molecule has 1 saturated heterocycles. The van der Waals surface area contributed by atoms with Crippen LogP contribution in [0.25, 0.3) is 28.0 Å². The van der Waals surface area contributed by atoms with Crippen molar-refractivity contribution in [3.8, 4) is 28.1 Å². The minimum absolute atomic E-state index is 0.0531. The molecule has 1 unspecified atom stereocenters. The number of methoxy groups -OCH3 is 1. The van der Waals surface area contributed by atoms with Crippen LogP contribution in [-0.4, -0.2) is 64.7 Å². The van der Waals surface area contributed by atoms with E-state index in [1.807, 2.05) is 82.5 Å². The number of aryl methyl sites for hydroxylation is 1. The molecule has 0 radical (unpaired) electrons.